The SMILES string of the molecule is COc1ccc2c(c1)C(C#N)Cc1ccccc1C2. The van der Waals surface area contributed by atoms with Gasteiger partial charge in [0.1, 0.15) is 5.75 Å². The summed E-state index contributed by atoms with van der Waals surface area (Å²) in [6.07, 6.45) is 1.68. The van der Waals surface area contributed by atoms with Gasteiger partial charge in [-0.3, -0.25) is 0 Å². The Morgan fingerprint density at radius 1 is 1.11 bits per heavy atom. The van der Waals surface area contributed by atoms with E-state index < -0.39 is 0 Å². The summed E-state index contributed by atoms with van der Waals surface area (Å²) in [7, 11) is 1.66. The third-order valence-corrected chi connectivity index (χ3v) is 3.81. The zero-order valence-corrected chi connectivity index (χ0v) is 10.9. The Labute approximate surface area is 113 Å². The molecule has 1 aliphatic carbocycles. The maximum absolute atomic E-state index is 9.46. The van der Waals surface area contributed by atoms with Crippen LogP contribution in [0.1, 0.15) is 28.2 Å². The predicted octanol–water partition coefficient (Wildman–Crippen LogP) is 3.45. The van der Waals surface area contributed by atoms with E-state index in [0.29, 0.717) is 0 Å². The van der Waals surface area contributed by atoms with Crippen molar-refractivity contribution in [1.29, 1.82) is 5.26 Å². The lowest BCUT2D eigenvalue weighted by Crippen LogP contribution is -2.01. The molecule has 0 saturated carbocycles. The van der Waals surface area contributed by atoms with Crippen LogP contribution < -0.4 is 4.74 Å². The first-order valence-electron chi connectivity index (χ1n) is 6.45. The van der Waals surface area contributed by atoms with Crippen molar-refractivity contribution in [2.75, 3.05) is 7.11 Å². The molecule has 2 aromatic rings. The number of hydrogen-bond donors (Lipinski definition) is 0. The summed E-state index contributed by atoms with van der Waals surface area (Å²) >= 11 is 0. The van der Waals surface area contributed by atoms with Crippen molar-refractivity contribution in [2.24, 2.45) is 0 Å². The Hall–Kier alpha value is -2.27. The van der Waals surface area contributed by atoms with Crippen molar-refractivity contribution < 1.29 is 4.74 Å². The third kappa shape index (κ3) is 2.08. The molecule has 0 aliphatic heterocycles. The van der Waals surface area contributed by atoms with Gasteiger partial charge < -0.3 is 4.74 Å². The van der Waals surface area contributed by atoms with E-state index >= 15 is 0 Å². The quantitative estimate of drug-likeness (QED) is 0.775. The number of rotatable bonds is 1. The first-order valence-corrected chi connectivity index (χ1v) is 6.45. The van der Waals surface area contributed by atoms with E-state index in [1.807, 2.05) is 18.2 Å². The number of ether oxygens (including phenoxy) is 1. The highest BCUT2D eigenvalue weighted by atomic mass is 16.5. The maximum atomic E-state index is 9.46. The third-order valence-electron chi connectivity index (χ3n) is 3.81. The smallest absolute Gasteiger partial charge is 0.119 e. The monoisotopic (exact) mass is 249 g/mol. The number of fused-ring (bicyclic) bond motifs is 2. The van der Waals surface area contributed by atoms with Crippen LogP contribution in [-0.4, -0.2) is 7.11 Å². The molecule has 1 aliphatic rings. The van der Waals surface area contributed by atoms with Gasteiger partial charge in [0, 0.05) is 0 Å². The highest BCUT2D eigenvalue weighted by Gasteiger charge is 2.22. The van der Waals surface area contributed by atoms with Crippen LogP contribution in [0.3, 0.4) is 0 Å². The number of nitrogens with zero attached hydrogens (tertiary/aromatic N) is 1. The second kappa shape index (κ2) is 4.78. The fourth-order valence-electron chi connectivity index (χ4n) is 2.76. The average Bonchev–Trinajstić information content (AvgIpc) is 2.62. The van der Waals surface area contributed by atoms with Crippen molar-refractivity contribution in [3.63, 3.8) is 0 Å². The van der Waals surface area contributed by atoms with Gasteiger partial charge in [0.25, 0.3) is 0 Å². The Balaban J connectivity index is 2.14. The van der Waals surface area contributed by atoms with Crippen LogP contribution in [0.15, 0.2) is 42.5 Å². The molecule has 19 heavy (non-hydrogen) atoms. The molecule has 0 N–H and O–H groups in total. The lowest BCUT2D eigenvalue weighted by Gasteiger charge is -2.12. The first-order chi connectivity index (χ1) is 9.31. The number of nitriles is 1. The fraction of sp³-hybridized carbons (Fsp3) is 0.235. The van der Waals surface area contributed by atoms with Crippen molar-refractivity contribution in [3.05, 3.63) is 64.7 Å². The molecule has 1 unspecified atom stereocenters. The normalized spacial score (nSPS) is 16.7. The fourth-order valence-corrected chi connectivity index (χ4v) is 2.76. The minimum atomic E-state index is -0.0891. The second-order valence-electron chi connectivity index (χ2n) is 4.90. The van der Waals surface area contributed by atoms with Crippen molar-refractivity contribution >= 4 is 0 Å². The van der Waals surface area contributed by atoms with Gasteiger partial charge in [-0.2, -0.15) is 5.26 Å². The number of methoxy groups -OCH3 is 1. The van der Waals surface area contributed by atoms with E-state index in [1.54, 1.807) is 7.11 Å². The molecule has 1 atom stereocenters. The molecule has 0 heterocycles. The van der Waals surface area contributed by atoms with Crippen LogP contribution in [0, 0.1) is 11.3 Å². The van der Waals surface area contributed by atoms with Crippen LogP contribution in [0.5, 0.6) is 5.75 Å². The summed E-state index contributed by atoms with van der Waals surface area (Å²) in [5, 5.41) is 9.46. The second-order valence-corrected chi connectivity index (χ2v) is 4.90. The van der Waals surface area contributed by atoms with Gasteiger partial charge in [0.15, 0.2) is 0 Å². The van der Waals surface area contributed by atoms with Crippen LogP contribution in [0.25, 0.3) is 0 Å². The molecular weight excluding hydrogens is 234 g/mol. The maximum Gasteiger partial charge on any atom is 0.119 e. The molecule has 0 fully saturated rings. The van der Waals surface area contributed by atoms with Crippen LogP contribution in [0.4, 0.5) is 0 Å². The van der Waals surface area contributed by atoms with Gasteiger partial charge in [-0.15, -0.1) is 0 Å². The first kappa shape index (κ1) is 11.8. The average molecular weight is 249 g/mol. The van der Waals surface area contributed by atoms with Crippen molar-refractivity contribution in [1.82, 2.24) is 0 Å². The van der Waals surface area contributed by atoms with E-state index in [-0.39, 0.29) is 5.92 Å². The Bertz CT molecular complexity index is 655. The Morgan fingerprint density at radius 2 is 1.89 bits per heavy atom. The zero-order valence-electron chi connectivity index (χ0n) is 10.9. The standard InChI is InChI=1S/C17H15NO/c1-19-16-7-6-14-8-12-4-2-3-5-13(12)9-15(11-18)17(14)10-16/h2-7,10,15H,8-9H2,1H3. The molecule has 3 rings (SSSR count). The van der Waals surface area contributed by atoms with Gasteiger partial charge >= 0.3 is 0 Å². The molecule has 0 saturated heterocycles. The minimum Gasteiger partial charge on any atom is -0.497 e. The molecular formula is C17H15NO. The van der Waals surface area contributed by atoms with E-state index in [9.17, 15) is 5.26 Å². The predicted molar refractivity (Wildman–Crippen MR) is 74.3 cm³/mol. The summed E-state index contributed by atoms with van der Waals surface area (Å²) in [6, 6.07) is 16.9. The summed E-state index contributed by atoms with van der Waals surface area (Å²) < 4.78 is 5.28. The molecule has 0 bridgehead atoms. The van der Waals surface area contributed by atoms with E-state index in [1.165, 1.54) is 16.7 Å². The topological polar surface area (TPSA) is 33.0 Å². The summed E-state index contributed by atoms with van der Waals surface area (Å²) in [4.78, 5) is 0. The molecule has 94 valence electrons. The van der Waals surface area contributed by atoms with E-state index in [4.69, 9.17) is 4.74 Å². The minimum absolute atomic E-state index is 0.0891. The number of hydrogen-bond acceptors (Lipinski definition) is 2. The molecule has 2 heteroatoms. The molecule has 2 aromatic carbocycles. The van der Waals surface area contributed by atoms with Crippen LogP contribution >= 0.6 is 0 Å². The van der Waals surface area contributed by atoms with Crippen molar-refractivity contribution in [2.45, 2.75) is 18.8 Å². The molecule has 0 amide bonds. The number of benzene rings is 2. The Morgan fingerprint density at radius 3 is 2.63 bits per heavy atom. The lowest BCUT2D eigenvalue weighted by atomic mass is 9.92. The van der Waals surface area contributed by atoms with Gasteiger partial charge in [0.05, 0.1) is 19.1 Å². The molecule has 0 spiro atoms. The summed E-state index contributed by atoms with van der Waals surface area (Å²) in [5.74, 6) is 0.735. The molecule has 0 aromatic heterocycles. The van der Waals surface area contributed by atoms with Gasteiger partial charge in [-0.05, 0) is 47.2 Å². The lowest BCUT2D eigenvalue weighted by molar-refractivity contribution is 0.414. The highest BCUT2D eigenvalue weighted by molar-refractivity contribution is 5.47. The van der Waals surface area contributed by atoms with Gasteiger partial charge in [-0.25, -0.2) is 0 Å². The van der Waals surface area contributed by atoms with E-state index in [0.717, 1.165) is 24.2 Å². The molecule has 2 nitrogen and oxygen atoms in total. The van der Waals surface area contributed by atoms with Gasteiger partial charge in [-0.1, -0.05) is 30.3 Å². The summed E-state index contributed by atoms with van der Waals surface area (Å²) in [6.45, 7) is 0. The highest BCUT2D eigenvalue weighted by Crippen LogP contribution is 2.33. The van der Waals surface area contributed by atoms with Crippen LogP contribution in [-0.2, 0) is 12.8 Å². The largest absolute Gasteiger partial charge is 0.497 e. The van der Waals surface area contributed by atoms with Crippen molar-refractivity contribution in [3.8, 4) is 11.8 Å². The zero-order chi connectivity index (χ0) is 13.2. The summed E-state index contributed by atoms with van der Waals surface area (Å²) in [5.41, 5.74) is 4.95. The Kier molecular flexibility index (Phi) is 2.97. The van der Waals surface area contributed by atoms with Gasteiger partial charge in [0.2, 0.25) is 0 Å². The molecule has 0 radical (unpaired) electrons. The van der Waals surface area contributed by atoms with Crippen LogP contribution in [0.2, 0.25) is 0 Å². The van der Waals surface area contributed by atoms with E-state index in [2.05, 4.69) is 30.3 Å².